The maximum Gasteiger partial charge on any atom is 0.264 e. The molecule has 1 amide bonds. The molecule has 3 aromatic carbocycles. The van der Waals surface area contributed by atoms with Gasteiger partial charge in [0.1, 0.15) is 6.54 Å². The molecular weight excluding hydrogens is 470 g/mol. The molecule has 0 unspecified atom stereocenters. The number of carbonyl (C=O) groups excluding carboxylic acids is 1. The fourth-order valence-electron chi connectivity index (χ4n) is 4.53. The van der Waals surface area contributed by atoms with Crippen molar-refractivity contribution < 1.29 is 13.2 Å². The van der Waals surface area contributed by atoms with Gasteiger partial charge >= 0.3 is 0 Å². The molecule has 190 valence electrons. The topological polar surface area (TPSA) is 69.7 Å². The van der Waals surface area contributed by atoms with E-state index in [1.165, 1.54) is 29.1 Å². The van der Waals surface area contributed by atoms with Crippen molar-refractivity contribution in [2.24, 2.45) is 0 Å². The third-order valence-corrected chi connectivity index (χ3v) is 8.38. The van der Waals surface area contributed by atoms with Gasteiger partial charge in [0.25, 0.3) is 10.0 Å². The Hall–Kier alpha value is -3.16. The van der Waals surface area contributed by atoms with Crippen molar-refractivity contribution in [2.45, 2.75) is 50.6 Å². The van der Waals surface area contributed by atoms with Crippen LogP contribution in [0.2, 0.25) is 0 Å². The number of rotatable bonds is 10. The Labute approximate surface area is 215 Å². The molecule has 0 atom stereocenters. The standard InChI is InChI=1S/C29H35N3O3S/c1-2-24-14-16-27(17-15-24)32(36(34,35)28-12-5-3-6-13-28)23-29(33)30-21-25-10-9-11-26(20-25)22-31-18-7-4-8-19-31/h3,5-6,9-17,20H,2,4,7-8,18-19,21-23H2,1H3,(H,30,33). The van der Waals surface area contributed by atoms with E-state index in [0.717, 1.165) is 37.2 Å². The van der Waals surface area contributed by atoms with E-state index >= 15 is 0 Å². The van der Waals surface area contributed by atoms with Crippen LogP contribution in [-0.2, 0) is 34.3 Å². The van der Waals surface area contributed by atoms with Crippen molar-refractivity contribution in [3.05, 3.63) is 95.6 Å². The highest BCUT2D eigenvalue weighted by Crippen LogP contribution is 2.24. The highest BCUT2D eigenvalue weighted by molar-refractivity contribution is 7.92. The summed E-state index contributed by atoms with van der Waals surface area (Å²) in [4.78, 5) is 15.6. The van der Waals surface area contributed by atoms with Crippen LogP contribution >= 0.6 is 0 Å². The van der Waals surface area contributed by atoms with E-state index in [2.05, 4.69) is 22.3 Å². The number of likely N-dealkylation sites (tertiary alicyclic amines) is 1. The van der Waals surface area contributed by atoms with Gasteiger partial charge in [-0.3, -0.25) is 14.0 Å². The molecule has 0 spiro atoms. The average molecular weight is 506 g/mol. The molecule has 1 N–H and O–H groups in total. The van der Waals surface area contributed by atoms with Crippen LogP contribution in [0.4, 0.5) is 5.69 Å². The lowest BCUT2D eigenvalue weighted by molar-refractivity contribution is -0.119. The van der Waals surface area contributed by atoms with Gasteiger partial charge in [-0.15, -0.1) is 0 Å². The van der Waals surface area contributed by atoms with Crippen molar-refractivity contribution in [1.82, 2.24) is 10.2 Å². The van der Waals surface area contributed by atoms with Crippen LogP contribution < -0.4 is 9.62 Å². The second kappa shape index (κ2) is 12.2. The SMILES string of the molecule is CCc1ccc(N(CC(=O)NCc2cccc(CN3CCCCC3)c2)S(=O)(=O)c2ccccc2)cc1. The number of nitrogens with one attached hydrogen (secondary N) is 1. The van der Waals surface area contributed by atoms with Crippen LogP contribution in [0.5, 0.6) is 0 Å². The zero-order chi connectivity index (χ0) is 25.4. The van der Waals surface area contributed by atoms with Crippen molar-refractivity contribution >= 4 is 21.6 Å². The molecule has 3 aromatic rings. The summed E-state index contributed by atoms with van der Waals surface area (Å²) in [6.45, 7) is 5.27. The van der Waals surface area contributed by atoms with E-state index in [4.69, 9.17) is 0 Å². The number of sulfonamides is 1. The molecular formula is C29H35N3O3S. The molecule has 1 heterocycles. The number of nitrogens with zero attached hydrogens (tertiary/aromatic N) is 2. The number of hydrogen-bond acceptors (Lipinski definition) is 4. The van der Waals surface area contributed by atoms with Gasteiger partial charge in [0, 0.05) is 13.1 Å². The van der Waals surface area contributed by atoms with Gasteiger partial charge in [-0.2, -0.15) is 0 Å². The molecule has 6 nitrogen and oxygen atoms in total. The van der Waals surface area contributed by atoms with E-state index in [-0.39, 0.29) is 17.3 Å². The second-order valence-electron chi connectivity index (χ2n) is 9.28. The largest absolute Gasteiger partial charge is 0.350 e. The van der Waals surface area contributed by atoms with Crippen LogP contribution in [0.15, 0.2) is 83.8 Å². The highest BCUT2D eigenvalue weighted by Gasteiger charge is 2.27. The first kappa shape index (κ1) is 25.9. The summed E-state index contributed by atoms with van der Waals surface area (Å²) in [6.07, 6.45) is 4.66. The van der Waals surface area contributed by atoms with Gasteiger partial charge in [-0.1, -0.05) is 67.9 Å². The predicted molar refractivity (Wildman–Crippen MR) is 144 cm³/mol. The van der Waals surface area contributed by atoms with Crippen LogP contribution in [0.1, 0.15) is 42.9 Å². The Morgan fingerprint density at radius 3 is 2.25 bits per heavy atom. The Bertz CT molecular complexity index is 1240. The zero-order valence-corrected chi connectivity index (χ0v) is 21.7. The van der Waals surface area contributed by atoms with E-state index in [0.29, 0.717) is 12.2 Å². The Morgan fingerprint density at radius 1 is 0.861 bits per heavy atom. The first-order chi connectivity index (χ1) is 17.5. The normalized spacial score (nSPS) is 14.4. The van der Waals surface area contributed by atoms with Crippen LogP contribution in [0.3, 0.4) is 0 Å². The predicted octanol–water partition coefficient (Wildman–Crippen LogP) is 4.75. The molecule has 1 fully saturated rings. The third kappa shape index (κ3) is 6.74. The molecule has 1 aliphatic heterocycles. The summed E-state index contributed by atoms with van der Waals surface area (Å²) < 4.78 is 28.1. The first-order valence-corrected chi connectivity index (χ1v) is 14.1. The summed E-state index contributed by atoms with van der Waals surface area (Å²) in [7, 11) is -3.91. The fourth-order valence-corrected chi connectivity index (χ4v) is 5.98. The number of hydrogen-bond donors (Lipinski definition) is 1. The number of carbonyl (C=O) groups is 1. The van der Waals surface area contributed by atoms with Gasteiger partial charge in [-0.25, -0.2) is 8.42 Å². The number of amides is 1. The maximum absolute atomic E-state index is 13.5. The highest BCUT2D eigenvalue weighted by atomic mass is 32.2. The van der Waals surface area contributed by atoms with Gasteiger partial charge in [0.05, 0.1) is 10.6 Å². The fraction of sp³-hybridized carbons (Fsp3) is 0.345. The molecule has 0 radical (unpaired) electrons. The maximum atomic E-state index is 13.5. The van der Waals surface area contributed by atoms with Crippen LogP contribution in [-0.4, -0.2) is 38.9 Å². The second-order valence-corrected chi connectivity index (χ2v) is 11.1. The van der Waals surface area contributed by atoms with E-state index in [1.54, 1.807) is 42.5 Å². The van der Waals surface area contributed by atoms with Crippen LogP contribution in [0.25, 0.3) is 0 Å². The van der Waals surface area contributed by atoms with Crippen molar-refractivity contribution in [1.29, 1.82) is 0 Å². The lowest BCUT2D eigenvalue weighted by Crippen LogP contribution is -2.40. The summed E-state index contributed by atoms with van der Waals surface area (Å²) in [5.41, 5.74) is 3.80. The number of aryl methyl sites for hydroxylation is 1. The van der Waals surface area contributed by atoms with E-state index in [1.807, 2.05) is 31.2 Å². The average Bonchev–Trinajstić information content (AvgIpc) is 2.92. The molecule has 7 heteroatoms. The summed E-state index contributed by atoms with van der Waals surface area (Å²) in [6, 6.07) is 23.8. The third-order valence-electron chi connectivity index (χ3n) is 6.59. The number of anilines is 1. The smallest absolute Gasteiger partial charge is 0.264 e. The van der Waals surface area contributed by atoms with Crippen molar-refractivity contribution in [3.63, 3.8) is 0 Å². The van der Waals surface area contributed by atoms with E-state index < -0.39 is 10.0 Å². The molecule has 0 aliphatic carbocycles. The molecule has 1 saturated heterocycles. The minimum absolute atomic E-state index is 0.155. The molecule has 36 heavy (non-hydrogen) atoms. The molecule has 0 aromatic heterocycles. The summed E-state index contributed by atoms with van der Waals surface area (Å²) >= 11 is 0. The Morgan fingerprint density at radius 2 is 1.56 bits per heavy atom. The lowest BCUT2D eigenvalue weighted by atomic mass is 10.1. The van der Waals surface area contributed by atoms with E-state index in [9.17, 15) is 13.2 Å². The molecule has 0 saturated carbocycles. The first-order valence-electron chi connectivity index (χ1n) is 12.7. The summed E-state index contributed by atoms with van der Waals surface area (Å²) in [5, 5.41) is 2.92. The van der Waals surface area contributed by atoms with Gasteiger partial charge in [0.15, 0.2) is 0 Å². The lowest BCUT2D eigenvalue weighted by Gasteiger charge is -2.26. The molecule has 0 bridgehead atoms. The van der Waals surface area contributed by atoms with Gasteiger partial charge in [0.2, 0.25) is 5.91 Å². The Kier molecular flexibility index (Phi) is 8.78. The monoisotopic (exact) mass is 505 g/mol. The molecule has 1 aliphatic rings. The van der Waals surface area contributed by atoms with Crippen molar-refractivity contribution in [3.8, 4) is 0 Å². The zero-order valence-electron chi connectivity index (χ0n) is 20.9. The minimum Gasteiger partial charge on any atom is -0.350 e. The van der Waals surface area contributed by atoms with Crippen molar-refractivity contribution in [2.75, 3.05) is 23.9 Å². The molecule has 4 rings (SSSR count). The number of piperidine rings is 1. The quantitative estimate of drug-likeness (QED) is 0.432. The van der Waals surface area contributed by atoms with Gasteiger partial charge < -0.3 is 5.32 Å². The van der Waals surface area contributed by atoms with Crippen LogP contribution in [0, 0.1) is 0 Å². The number of benzene rings is 3. The Balaban J connectivity index is 1.46. The minimum atomic E-state index is -3.91. The van der Waals surface area contributed by atoms with Gasteiger partial charge in [-0.05, 0) is 73.3 Å². The summed E-state index contributed by atoms with van der Waals surface area (Å²) in [5.74, 6) is -0.351.